The Balaban J connectivity index is 1.56. The first-order valence-electron chi connectivity index (χ1n) is 9.34. The minimum Gasteiger partial charge on any atom is -0.481 e. The first kappa shape index (κ1) is 21.3. The van der Waals surface area contributed by atoms with Crippen molar-refractivity contribution in [3.63, 3.8) is 0 Å². The summed E-state index contributed by atoms with van der Waals surface area (Å²) < 4.78 is 19.5. The number of hydrogen-bond donors (Lipinski definition) is 2. The lowest BCUT2D eigenvalue weighted by Gasteiger charge is -2.31. The van der Waals surface area contributed by atoms with Gasteiger partial charge in [-0.2, -0.15) is 0 Å². The Morgan fingerprint density at radius 1 is 1.21 bits per heavy atom. The predicted molar refractivity (Wildman–Crippen MR) is 110 cm³/mol. The van der Waals surface area contributed by atoms with E-state index in [2.05, 4.69) is 21.2 Å². The topological polar surface area (TPSA) is 78.9 Å². The molecule has 2 aromatic carbocycles. The highest BCUT2D eigenvalue weighted by molar-refractivity contribution is 9.10. The van der Waals surface area contributed by atoms with Crippen molar-refractivity contribution >= 4 is 33.4 Å². The minimum absolute atomic E-state index is 0.0152. The van der Waals surface area contributed by atoms with E-state index in [0.29, 0.717) is 28.8 Å². The highest BCUT2D eigenvalue weighted by Crippen LogP contribution is 2.22. The van der Waals surface area contributed by atoms with Gasteiger partial charge in [-0.3, -0.25) is 9.59 Å². The Kier molecular flexibility index (Phi) is 7.22. The van der Waals surface area contributed by atoms with Gasteiger partial charge in [0, 0.05) is 35.4 Å². The molecule has 29 heavy (non-hydrogen) atoms. The number of carbonyl (C=O) groups excluding carboxylic acids is 2. The summed E-state index contributed by atoms with van der Waals surface area (Å²) >= 11 is 3.16. The molecule has 0 atom stereocenters. The largest absolute Gasteiger partial charge is 0.481 e. The van der Waals surface area contributed by atoms with Gasteiger partial charge in [0.2, 0.25) is 0 Å². The number of aliphatic hydroxyl groups excluding tert-OH is 1. The standard InChI is InChI=1S/C21H22BrFN2O4/c22-16-4-5-19(18(23)11-16)29-13-20(27)24-17-3-1-2-15(10-17)21(28)25-8-6-14(12-26)7-9-25/h1-5,10-11,14,26H,6-9,12-13H2,(H,24,27). The van der Waals surface area contributed by atoms with Crippen LogP contribution in [0.4, 0.5) is 10.1 Å². The third-order valence-electron chi connectivity index (χ3n) is 4.81. The number of hydrogen-bond acceptors (Lipinski definition) is 4. The number of benzene rings is 2. The fourth-order valence-corrected chi connectivity index (χ4v) is 3.50. The first-order valence-corrected chi connectivity index (χ1v) is 10.1. The van der Waals surface area contributed by atoms with Gasteiger partial charge in [0.15, 0.2) is 18.2 Å². The normalized spacial score (nSPS) is 14.5. The molecule has 2 N–H and O–H groups in total. The summed E-state index contributed by atoms with van der Waals surface area (Å²) in [6.07, 6.45) is 1.56. The summed E-state index contributed by atoms with van der Waals surface area (Å²) in [6, 6.07) is 11.0. The third kappa shape index (κ3) is 5.77. The lowest BCUT2D eigenvalue weighted by molar-refractivity contribution is -0.118. The zero-order valence-corrected chi connectivity index (χ0v) is 17.3. The molecule has 1 heterocycles. The van der Waals surface area contributed by atoms with Gasteiger partial charge in [-0.15, -0.1) is 0 Å². The molecule has 1 aliphatic heterocycles. The molecular weight excluding hydrogens is 443 g/mol. The number of rotatable bonds is 6. The Hall–Kier alpha value is -2.45. The van der Waals surface area contributed by atoms with Gasteiger partial charge in [-0.05, 0) is 55.2 Å². The number of anilines is 1. The molecule has 0 radical (unpaired) electrons. The molecule has 3 rings (SSSR count). The number of aliphatic hydroxyl groups is 1. The molecule has 1 aliphatic rings. The van der Waals surface area contributed by atoms with Crippen molar-refractivity contribution in [1.29, 1.82) is 0 Å². The molecule has 0 spiro atoms. The fourth-order valence-electron chi connectivity index (χ4n) is 3.16. The van der Waals surface area contributed by atoms with Crippen LogP contribution in [-0.4, -0.2) is 48.1 Å². The van der Waals surface area contributed by atoms with Gasteiger partial charge in [-0.1, -0.05) is 22.0 Å². The monoisotopic (exact) mass is 464 g/mol. The SMILES string of the molecule is O=C(COc1ccc(Br)cc1F)Nc1cccc(C(=O)N2CCC(CO)CC2)c1. The van der Waals surface area contributed by atoms with Crippen molar-refractivity contribution in [3.05, 3.63) is 58.3 Å². The van der Waals surface area contributed by atoms with Crippen LogP contribution in [0.2, 0.25) is 0 Å². The van der Waals surface area contributed by atoms with Crippen molar-refractivity contribution in [3.8, 4) is 5.75 Å². The van der Waals surface area contributed by atoms with Crippen molar-refractivity contribution in [2.45, 2.75) is 12.8 Å². The number of carbonyl (C=O) groups is 2. The third-order valence-corrected chi connectivity index (χ3v) is 5.30. The molecule has 2 aromatic rings. The average molecular weight is 465 g/mol. The lowest BCUT2D eigenvalue weighted by Crippen LogP contribution is -2.39. The van der Waals surface area contributed by atoms with E-state index in [-0.39, 0.29) is 30.8 Å². The number of piperidine rings is 1. The van der Waals surface area contributed by atoms with Crippen LogP contribution in [0.1, 0.15) is 23.2 Å². The molecule has 1 fully saturated rings. The van der Waals surface area contributed by atoms with E-state index in [0.717, 1.165) is 12.8 Å². The molecule has 0 unspecified atom stereocenters. The molecule has 6 nitrogen and oxygen atoms in total. The van der Waals surface area contributed by atoms with Crippen LogP contribution >= 0.6 is 15.9 Å². The quantitative estimate of drug-likeness (QED) is 0.685. The zero-order valence-electron chi connectivity index (χ0n) is 15.7. The number of likely N-dealkylation sites (tertiary alicyclic amines) is 1. The molecule has 0 bridgehead atoms. The zero-order chi connectivity index (χ0) is 20.8. The number of ether oxygens (including phenoxy) is 1. The molecule has 8 heteroatoms. The number of halogens is 2. The Labute approximate surface area is 176 Å². The second-order valence-electron chi connectivity index (χ2n) is 6.91. The van der Waals surface area contributed by atoms with E-state index in [9.17, 15) is 19.1 Å². The highest BCUT2D eigenvalue weighted by atomic mass is 79.9. The highest BCUT2D eigenvalue weighted by Gasteiger charge is 2.23. The van der Waals surface area contributed by atoms with Gasteiger partial charge < -0.3 is 20.1 Å². The van der Waals surface area contributed by atoms with E-state index < -0.39 is 11.7 Å². The van der Waals surface area contributed by atoms with Crippen LogP contribution < -0.4 is 10.1 Å². The van der Waals surface area contributed by atoms with Crippen molar-refractivity contribution in [1.82, 2.24) is 4.90 Å². The van der Waals surface area contributed by atoms with Crippen LogP contribution in [0.25, 0.3) is 0 Å². The maximum Gasteiger partial charge on any atom is 0.262 e. The smallest absolute Gasteiger partial charge is 0.262 e. The molecule has 0 aromatic heterocycles. The Morgan fingerprint density at radius 3 is 2.66 bits per heavy atom. The molecule has 0 saturated carbocycles. The number of nitrogens with zero attached hydrogens (tertiary/aromatic N) is 1. The van der Waals surface area contributed by atoms with Gasteiger partial charge >= 0.3 is 0 Å². The predicted octanol–water partition coefficient (Wildman–Crippen LogP) is 3.45. The van der Waals surface area contributed by atoms with Gasteiger partial charge in [0.25, 0.3) is 11.8 Å². The van der Waals surface area contributed by atoms with E-state index in [1.807, 2.05) is 0 Å². The van der Waals surface area contributed by atoms with Crippen molar-refractivity contribution < 1.29 is 23.8 Å². The van der Waals surface area contributed by atoms with Crippen molar-refractivity contribution in [2.24, 2.45) is 5.92 Å². The molecule has 154 valence electrons. The summed E-state index contributed by atoms with van der Waals surface area (Å²) in [5, 5.41) is 11.9. The fraction of sp³-hybridized carbons (Fsp3) is 0.333. The Morgan fingerprint density at radius 2 is 1.97 bits per heavy atom. The number of nitrogens with one attached hydrogen (secondary N) is 1. The van der Waals surface area contributed by atoms with Crippen LogP contribution in [-0.2, 0) is 4.79 Å². The van der Waals surface area contributed by atoms with Crippen LogP contribution in [0.5, 0.6) is 5.75 Å². The second kappa shape index (κ2) is 9.84. The van der Waals surface area contributed by atoms with Gasteiger partial charge in [0.05, 0.1) is 0 Å². The molecule has 0 aliphatic carbocycles. The number of amides is 2. The van der Waals surface area contributed by atoms with E-state index in [1.165, 1.54) is 12.1 Å². The summed E-state index contributed by atoms with van der Waals surface area (Å²) in [5.74, 6) is -0.894. The van der Waals surface area contributed by atoms with Crippen LogP contribution in [0.15, 0.2) is 46.9 Å². The molecular formula is C21H22BrFN2O4. The molecule has 1 saturated heterocycles. The Bertz CT molecular complexity index is 885. The van der Waals surface area contributed by atoms with Crippen LogP contribution in [0, 0.1) is 11.7 Å². The summed E-state index contributed by atoms with van der Waals surface area (Å²) in [5.41, 5.74) is 0.941. The van der Waals surface area contributed by atoms with Gasteiger partial charge in [0.1, 0.15) is 0 Å². The van der Waals surface area contributed by atoms with E-state index in [4.69, 9.17) is 4.74 Å². The van der Waals surface area contributed by atoms with E-state index >= 15 is 0 Å². The maximum atomic E-state index is 13.8. The first-order chi connectivity index (χ1) is 14.0. The van der Waals surface area contributed by atoms with Gasteiger partial charge in [-0.25, -0.2) is 4.39 Å². The van der Waals surface area contributed by atoms with Crippen LogP contribution in [0.3, 0.4) is 0 Å². The molecule has 2 amide bonds. The summed E-state index contributed by atoms with van der Waals surface area (Å²) in [4.78, 5) is 26.6. The maximum absolute atomic E-state index is 13.8. The minimum atomic E-state index is -0.565. The summed E-state index contributed by atoms with van der Waals surface area (Å²) in [7, 11) is 0. The second-order valence-corrected chi connectivity index (χ2v) is 7.83. The van der Waals surface area contributed by atoms with E-state index in [1.54, 1.807) is 35.2 Å². The average Bonchev–Trinajstić information content (AvgIpc) is 2.73. The lowest BCUT2D eigenvalue weighted by atomic mass is 9.97. The van der Waals surface area contributed by atoms with Crippen molar-refractivity contribution in [2.75, 3.05) is 31.6 Å². The summed E-state index contributed by atoms with van der Waals surface area (Å²) in [6.45, 7) is 1.00.